The summed E-state index contributed by atoms with van der Waals surface area (Å²) in [5, 5.41) is 2.44. The number of nitrogens with zero attached hydrogens (tertiary/aromatic N) is 1. The fraction of sp³-hybridized carbons (Fsp3) is 0.500. The van der Waals surface area contributed by atoms with Crippen molar-refractivity contribution >= 4 is 6.09 Å². The lowest BCUT2D eigenvalue weighted by Crippen LogP contribution is -2.32. The molecular formula is C12H16F2N2O3. The third-order valence-corrected chi connectivity index (χ3v) is 1.87. The fourth-order valence-corrected chi connectivity index (χ4v) is 1.23. The number of carbonyl (C=O) groups excluding carboxylic acids is 1. The van der Waals surface area contributed by atoms with Crippen LogP contribution in [-0.4, -0.2) is 23.3 Å². The monoisotopic (exact) mass is 274 g/mol. The number of hydrogen-bond donors (Lipinski definition) is 1. The van der Waals surface area contributed by atoms with Gasteiger partial charge in [-0.15, -0.1) is 0 Å². The molecule has 0 atom stereocenters. The van der Waals surface area contributed by atoms with Gasteiger partial charge in [-0.3, -0.25) is 0 Å². The van der Waals surface area contributed by atoms with Gasteiger partial charge in [0.05, 0.1) is 6.54 Å². The lowest BCUT2D eigenvalue weighted by Gasteiger charge is -2.19. The number of amides is 1. The zero-order chi connectivity index (χ0) is 14.5. The van der Waals surface area contributed by atoms with E-state index in [2.05, 4.69) is 15.0 Å². The number of halogens is 2. The molecule has 1 aromatic heterocycles. The second-order valence-electron chi connectivity index (χ2n) is 4.70. The Labute approximate surface area is 109 Å². The van der Waals surface area contributed by atoms with Gasteiger partial charge in [-0.1, -0.05) is 6.07 Å². The Morgan fingerprint density at radius 2 is 2.16 bits per heavy atom. The third kappa shape index (κ3) is 5.98. The maximum absolute atomic E-state index is 12.1. The number of nitrogens with one attached hydrogen (secondary N) is 1. The molecule has 0 saturated carbocycles. The lowest BCUT2D eigenvalue weighted by molar-refractivity contribution is -0.0535. The molecule has 0 aliphatic rings. The van der Waals surface area contributed by atoms with Crippen molar-refractivity contribution in [2.45, 2.75) is 39.5 Å². The number of alkyl carbamates (subject to hydrolysis) is 1. The highest BCUT2D eigenvalue weighted by Crippen LogP contribution is 2.16. The van der Waals surface area contributed by atoms with Crippen molar-refractivity contribution in [3.05, 3.63) is 23.9 Å². The van der Waals surface area contributed by atoms with Gasteiger partial charge in [-0.2, -0.15) is 8.78 Å². The van der Waals surface area contributed by atoms with Gasteiger partial charge in [0.15, 0.2) is 0 Å². The molecule has 5 nitrogen and oxygen atoms in total. The lowest BCUT2D eigenvalue weighted by atomic mass is 10.2. The molecule has 7 heteroatoms. The van der Waals surface area contributed by atoms with Crippen molar-refractivity contribution in [3.63, 3.8) is 0 Å². The molecule has 1 amide bonds. The van der Waals surface area contributed by atoms with Crippen LogP contribution in [0.25, 0.3) is 0 Å². The molecule has 0 aliphatic heterocycles. The van der Waals surface area contributed by atoms with Crippen LogP contribution in [0.15, 0.2) is 18.3 Å². The van der Waals surface area contributed by atoms with E-state index in [1.165, 1.54) is 12.3 Å². The van der Waals surface area contributed by atoms with Gasteiger partial charge in [-0.25, -0.2) is 9.78 Å². The third-order valence-electron chi connectivity index (χ3n) is 1.87. The van der Waals surface area contributed by atoms with E-state index in [0.717, 1.165) is 0 Å². The summed E-state index contributed by atoms with van der Waals surface area (Å²) in [6.07, 6.45) is 0.689. The molecule has 0 aromatic carbocycles. The number of carbonyl (C=O) groups is 1. The molecule has 0 fully saturated rings. The van der Waals surface area contributed by atoms with Crippen LogP contribution in [0.5, 0.6) is 5.88 Å². The van der Waals surface area contributed by atoms with E-state index >= 15 is 0 Å². The van der Waals surface area contributed by atoms with E-state index in [-0.39, 0.29) is 12.4 Å². The summed E-state index contributed by atoms with van der Waals surface area (Å²) >= 11 is 0. The first-order chi connectivity index (χ1) is 8.78. The number of pyridine rings is 1. The molecule has 0 unspecified atom stereocenters. The normalized spacial score (nSPS) is 11.3. The van der Waals surface area contributed by atoms with E-state index in [1.807, 2.05) is 0 Å². The zero-order valence-electron chi connectivity index (χ0n) is 10.9. The van der Waals surface area contributed by atoms with Crippen molar-refractivity contribution in [2.24, 2.45) is 0 Å². The van der Waals surface area contributed by atoms with Crippen LogP contribution in [0.2, 0.25) is 0 Å². The van der Waals surface area contributed by atoms with Crippen LogP contribution < -0.4 is 10.1 Å². The van der Waals surface area contributed by atoms with E-state index in [9.17, 15) is 13.6 Å². The summed E-state index contributed by atoms with van der Waals surface area (Å²) in [4.78, 5) is 15.1. The van der Waals surface area contributed by atoms with Gasteiger partial charge < -0.3 is 14.8 Å². The van der Waals surface area contributed by atoms with Gasteiger partial charge in [0.1, 0.15) is 5.60 Å². The van der Waals surface area contributed by atoms with Gasteiger partial charge in [0, 0.05) is 11.8 Å². The predicted octanol–water partition coefficient (Wildman–Crippen LogP) is 2.71. The first-order valence-electron chi connectivity index (χ1n) is 5.63. The first kappa shape index (κ1) is 15.1. The molecule has 0 spiro atoms. The minimum absolute atomic E-state index is 0.00912. The second kappa shape index (κ2) is 6.31. The highest BCUT2D eigenvalue weighted by atomic mass is 19.3. The van der Waals surface area contributed by atoms with Crippen LogP contribution in [0.3, 0.4) is 0 Å². The SMILES string of the molecule is CC(C)(C)OC(=O)NCc1cccnc1OC(F)F. The number of alkyl halides is 2. The first-order valence-corrected chi connectivity index (χ1v) is 5.63. The number of rotatable bonds is 4. The Bertz CT molecular complexity index is 433. The number of aromatic nitrogens is 1. The summed E-state index contributed by atoms with van der Waals surface area (Å²) in [6, 6.07) is 3.09. The largest absolute Gasteiger partial charge is 0.444 e. The maximum Gasteiger partial charge on any atom is 0.407 e. The standard InChI is InChI=1S/C12H16F2N2O3/c1-12(2,3)19-11(17)16-7-8-5-4-6-15-9(8)18-10(13)14/h4-6,10H,7H2,1-3H3,(H,16,17). The molecule has 1 aromatic rings. The fourth-order valence-electron chi connectivity index (χ4n) is 1.23. The van der Waals surface area contributed by atoms with E-state index in [1.54, 1.807) is 26.8 Å². The number of hydrogen-bond acceptors (Lipinski definition) is 4. The van der Waals surface area contributed by atoms with Gasteiger partial charge in [-0.05, 0) is 26.8 Å². The van der Waals surface area contributed by atoms with Crippen LogP contribution in [0, 0.1) is 0 Å². The van der Waals surface area contributed by atoms with Crippen molar-refractivity contribution in [1.29, 1.82) is 0 Å². The minimum atomic E-state index is -2.96. The van der Waals surface area contributed by atoms with Gasteiger partial charge >= 0.3 is 12.7 Å². The molecule has 19 heavy (non-hydrogen) atoms. The highest BCUT2D eigenvalue weighted by Gasteiger charge is 2.17. The average molecular weight is 274 g/mol. The molecule has 0 radical (unpaired) electrons. The summed E-state index contributed by atoms with van der Waals surface area (Å²) in [6.45, 7) is 2.20. The second-order valence-corrected chi connectivity index (χ2v) is 4.70. The van der Waals surface area contributed by atoms with Crippen LogP contribution >= 0.6 is 0 Å². The molecule has 1 rings (SSSR count). The summed E-state index contributed by atoms with van der Waals surface area (Å²) < 4.78 is 33.6. The Morgan fingerprint density at radius 3 is 2.74 bits per heavy atom. The molecule has 0 saturated heterocycles. The van der Waals surface area contributed by atoms with Crippen LogP contribution in [-0.2, 0) is 11.3 Å². The summed E-state index contributed by atoms with van der Waals surface area (Å²) in [7, 11) is 0. The molecule has 1 heterocycles. The molecule has 1 N–H and O–H groups in total. The summed E-state index contributed by atoms with van der Waals surface area (Å²) in [5.41, 5.74) is -0.282. The minimum Gasteiger partial charge on any atom is -0.444 e. The molecule has 106 valence electrons. The van der Waals surface area contributed by atoms with E-state index in [0.29, 0.717) is 5.56 Å². The predicted molar refractivity (Wildman–Crippen MR) is 63.9 cm³/mol. The molecule has 0 bridgehead atoms. The maximum atomic E-state index is 12.1. The van der Waals surface area contributed by atoms with Gasteiger partial charge in [0.25, 0.3) is 0 Å². The van der Waals surface area contributed by atoms with Crippen LogP contribution in [0.4, 0.5) is 13.6 Å². The Balaban J connectivity index is 2.60. The topological polar surface area (TPSA) is 60.5 Å². The van der Waals surface area contributed by atoms with Crippen molar-refractivity contribution < 1.29 is 23.0 Å². The van der Waals surface area contributed by atoms with Crippen LogP contribution in [0.1, 0.15) is 26.3 Å². The number of ether oxygens (including phenoxy) is 2. The van der Waals surface area contributed by atoms with E-state index < -0.39 is 18.3 Å². The Kier molecular flexibility index (Phi) is 5.02. The summed E-state index contributed by atoms with van der Waals surface area (Å²) in [5.74, 6) is -0.214. The highest BCUT2D eigenvalue weighted by molar-refractivity contribution is 5.67. The Hall–Kier alpha value is -1.92. The zero-order valence-corrected chi connectivity index (χ0v) is 10.9. The van der Waals surface area contributed by atoms with Crippen molar-refractivity contribution in [3.8, 4) is 5.88 Å². The van der Waals surface area contributed by atoms with E-state index in [4.69, 9.17) is 4.74 Å². The van der Waals surface area contributed by atoms with Crippen molar-refractivity contribution in [2.75, 3.05) is 0 Å². The van der Waals surface area contributed by atoms with Crippen molar-refractivity contribution in [1.82, 2.24) is 10.3 Å². The smallest absolute Gasteiger partial charge is 0.407 e. The quantitative estimate of drug-likeness (QED) is 0.917. The van der Waals surface area contributed by atoms with Gasteiger partial charge in [0.2, 0.25) is 5.88 Å². The molecule has 0 aliphatic carbocycles. The average Bonchev–Trinajstić information content (AvgIpc) is 2.24. The Morgan fingerprint density at radius 1 is 1.47 bits per heavy atom. The molecular weight excluding hydrogens is 258 g/mol.